The summed E-state index contributed by atoms with van der Waals surface area (Å²) in [5.74, 6) is 0. The van der Waals surface area contributed by atoms with Crippen molar-refractivity contribution in [2.45, 2.75) is 13.0 Å². The van der Waals surface area contributed by atoms with Crippen molar-refractivity contribution in [1.82, 2.24) is 0 Å². The summed E-state index contributed by atoms with van der Waals surface area (Å²) in [6, 6.07) is 7.74. The average molecular weight is 183 g/mol. The molecule has 0 saturated carbocycles. The maximum absolute atomic E-state index is 11.9. The van der Waals surface area contributed by atoms with E-state index in [0.717, 1.165) is 11.3 Å². The van der Waals surface area contributed by atoms with Crippen molar-refractivity contribution in [2.75, 3.05) is 18.5 Å². The fourth-order valence-corrected chi connectivity index (χ4v) is 1.05. The van der Waals surface area contributed by atoms with Gasteiger partial charge in [-0.2, -0.15) is 0 Å². The second-order valence-electron chi connectivity index (χ2n) is 3.06. The Morgan fingerprint density at radius 3 is 2.92 bits per heavy atom. The molecule has 72 valence electrons. The summed E-state index contributed by atoms with van der Waals surface area (Å²) in [6.45, 7) is 1.52. The smallest absolute Gasteiger partial charge is 0.117 e. The zero-order chi connectivity index (χ0) is 9.68. The van der Waals surface area contributed by atoms with E-state index in [1.807, 2.05) is 31.2 Å². The average Bonchev–Trinajstić information content (AvgIpc) is 2.14. The van der Waals surface area contributed by atoms with Gasteiger partial charge in [-0.1, -0.05) is 12.1 Å². The lowest BCUT2D eigenvalue weighted by atomic mass is 10.2. The lowest BCUT2D eigenvalue weighted by Gasteiger charge is -2.09. The molecule has 0 radical (unpaired) electrons. The Kier molecular flexibility index (Phi) is 3.71. The molecule has 0 spiro atoms. The molecule has 0 aliphatic rings. The quantitative estimate of drug-likeness (QED) is 0.745. The van der Waals surface area contributed by atoms with Gasteiger partial charge in [-0.3, -0.25) is 0 Å². The molecule has 1 rings (SSSR count). The van der Waals surface area contributed by atoms with Gasteiger partial charge in [-0.05, 0) is 24.6 Å². The highest BCUT2D eigenvalue weighted by atomic mass is 19.1. The second kappa shape index (κ2) is 4.82. The van der Waals surface area contributed by atoms with Crippen LogP contribution in [0.25, 0.3) is 0 Å². The van der Waals surface area contributed by atoms with Crippen molar-refractivity contribution >= 4 is 5.69 Å². The minimum Gasteiger partial charge on any atom is -0.389 e. The Morgan fingerprint density at radius 2 is 2.31 bits per heavy atom. The maximum atomic E-state index is 11.9. The van der Waals surface area contributed by atoms with E-state index in [2.05, 4.69) is 5.32 Å². The van der Waals surface area contributed by atoms with Gasteiger partial charge < -0.3 is 10.4 Å². The van der Waals surface area contributed by atoms with E-state index in [9.17, 15) is 4.39 Å². The molecule has 0 heterocycles. The normalized spacial score (nSPS) is 12.5. The topological polar surface area (TPSA) is 32.3 Å². The molecule has 3 heteroatoms. The molecule has 1 unspecified atom stereocenters. The van der Waals surface area contributed by atoms with E-state index in [-0.39, 0.29) is 6.54 Å². The van der Waals surface area contributed by atoms with Crippen LogP contribution in [0.2, 0.25) is 0 Å². The number of aliphatic hydroxyl groups is 1. The Hall–Kier alpha value is -1.09. The lowest BCUT2D eigenvalue weighted by Crippen LogP contribution is -2.21. The van der Waals surface area contributed by atoms with E-state index in [0.29, 0.717) is 0 Å². The highest BCUT2D eigenvalue weighted by Gasteiger charge is 2.01. The summed E-state index contributed by atoms with van der Waals surface area (Å²) >= 11 is 0. The summed E-state index contributed by atoms with van der Waals surface area (Å²) in [7, 11) is 0. The predicted molar refractivity (Wildman–Crippen MR) is 51.7 cm³/mol. The molecule has 1 atom stereocenters. The van der Waals surface area contributed by atoms with Crippen LogP contribution < -0.4 is 5.32 Å². The first-order chi connectivity index (χ1) is 6.22. The monoisotopic (exact) mass is 183 g/mol. The standard InChI is InChI=1S/C10H14FNO/c1-8-3-2-4-9(5-8)12-7-10(13)6-11/h2-5,10,12-13H,6-7H2,1H3. The number of hydrogen-bond acceptors (Lipinski definition) is 2. The lowest BCUT2D eigenvalue weighted by molar-refractivity contribution is 0.151. The Morgan fingerprint density at radius 1 is 1.54 bits per heavy atom. The zero-order valence-electron chi connectivity index (χ0n) is 7.63. The number of hydrogen-bond donors (Lipinski definition) is 2. The van der Waals surface area contributed by atoms with Crippen LogP contribution in [0, 0.1) is 6.92 Å². The van der Waals surface area contributed by atoms with Gasteiger partial charge in [0.2, 0.25) is 0 Å². The van der Waals surface area contributed by atoms with Gasteiger partial charge in [-0.15, -0.1) is 0 Å². The molecule has 13 heavy (non-hydrogen) atoms. The Balaban J connectivity index is 2.45. The number of aliphatic hydroxyl groups excluding tert-OH is 1. The highest BCUT2D eigenvalue weighted by molar-refractivity contribution is 5.45. The van der Waals surface area contributed by atoms with Gasteiger partial charge in [0.1, 0.15) is 6.67 Å². The fourth-order valence-electron chi connectivity index (χ4n) is 1.05. The molecular weight excluding hydrogens is 169 g/mol. The maximum Gasteiger partial charge on any atom is 0.117 e. The predicted octanol–water partition coefficient (Wildman–Crippen LogP) is 1.74. The van der Waals surface area contributed by atoms with Crippen LogP contribution in [0.1, 0.15) is 5.56 Å². The van der Waals surface area contributed by atoms with Crippen molar-refractivity contribution < 1.29 is 9.50 Å². The molecule has 0 bridgehead atoms. The van der Waals surface area contributed by atoms with Gasteiger partial charge in [0.05, 0.1) is 6.10 Å². The first-order valence-corrected chi connectivity index (χ1v) is 4.27. The molecular formula is C10H14FNO. The molecule has 0 fully saturated rings. The summed E-state index contributed by atoms with van der Waals surface area (Å²) in [5, 5.41) is 11.9. The Bertz CT molecular complexity index is 265. The van der Waals surface area contributed by atoms with E-state index in [1.165, 1.54) is 0 Å². The number of rotatable bonds is 4. The molecule has 1 aromatic carbocycles. The van der Waals surface area contributed by atoms with Gasteiger partial charge in [0.15, 0.2) is 0 Å². The van der Waals surface area contributed by atoms with Crippen LogP contribution in [0.4, 0.5) is 10.1 Å². The summed E-state index contributed by atoms with van der Waals surface area (Å²) in [6.07, 6.45) is -0.916. The highest BCUT2D eigenvalue weighted by Crippen LogP contribution is 2.09. The third-order valence-corrected chi connectivity index (χ3v) is 1.74. The van der Waals surface area contributed by atoms with Crippen molar-refractivity contribution in [1.29, 1.82) is 0 Å². The van der Waals surface area contributed by atoms with Crippen LogP contribution >= 0.6 is 0 Å². The molecule has 0 aliphatic carbocycles. The number of anilines is 1. The molecule has 2 nitrogen and oxygen atoms in total. The summed E-state index contributed by atoms with van der Waals surface area (Å²) in [4.78, 5) is 0. The summed E-state index contributed by atoms with van der Waals surface area (Å²) in [5.41, 5.74) is 2.05. The number of alkyl halides is 1. The first kappa shape index (κ1) is 9.99. The molecule has 1 aromatic rings. The first-order valence-electron chi connectivity index (χ1n) is 4.27. The molecule has 0 amide bonds. The zero-order valence-corrected chi connectivity index (χ0v) is 7.63. The summed E-state index contributed by atoms with van der Waals surface area (Å²) < 4.78 is 11.9. The van der Waals surface area contributed by atoms with Crippen LogP contribution in [0.5, 0.6) is 0 Å². The number of benzene rings is 1. The van der Waals surface area contributed by atoms with E-state index in [1.54, 1.807) is 0 Å². The van der Waals surface area contributed by atoms with Crippen LogP contribution in [-0.4, -0.2) is 24.4 Å². The van der Waals surface area contributed by atoms with Crippen LogP contribution in [0.15, 0.2) is 24.3 Å². The fraction of sp³-hybridized carbons (Fsp3) is 0.400. The van der Waals surface area contributed by atoms with E-state index in [4.69, 9.17) is 5.11 Å². The minimum atomic E-state index is -0.916. The molecule has 2 N–H and O–H groups in total. The number of halogens is 1. The van der Waals surface area contributed by atoms with E-state index < -0.39 is 12.8 Å². The van der Waals surface area contributed by atoms with Crippen molar-refractivity contribution in [3.05, 3.63) is 29.8 Å². The van der Waals surface area contributed by atoms with E-state index >= 15 is 0 Å². The number of nitrogens with one attached hydrogen (secondary N) is 1. The third kappa shape index (κ3) is 3.42. The van der Waals surface area contributed by atoms with Gasteiger partial charge >= 0.3 is 0 Å². The third-order valence-electron chi connectivity index (χ3n) is 1.74. The van der Waals surface area contributed by atoms with Crippen LogP contribution in [0.3, 0.4) is 0 Å². The van der Waals surface area contributed by atoms with Gasteiger partial charge in [-0.25, -0.2) is 4.39 Å². The second-order valence-corrected chi connectivity index (χ2v) is 3.06. The van der Waals surface area contributed by atoms with Crippen molar-refractivity contribution in [2.24, 2.45) is 0 Å². The van der Waals surface area contributed by atoms with Gasteiger partial charge in [0, 0.05) is 12.2 Å². The molecule has 0 saturated heterocycles. The van der Waals surface area contributed by atoms with Crippen molar-refractivity contribution in [3.8, 4) is 0 Å². The largest absolute Gasteiger partial charge is 0.389 e. The minimum absolute atomic E-state index is 0.250. The molecule has 0 aliphatic heterocycles. The SMILES string of the molecule is Cc1cccc(NCC(O)CF)c1. The number of aryl methyl sites for hydroxylation is 1. The Labute approximate surface area is 77.4 Å². The van der Waals surface area contributed by atoms with Crippen molar-refractivity contribution in [3.63, 3.8) is 0 Å². The van der Waals surface area contributed by atoms with Gasteiger partial charge in [0.25, 0.3) is 0 Å². The molecule has 0 aromatic heterocycles. The van der Waals surface area contributed by atoms with Crippen LogP contribution in [-0.2, 0) is 0 Å².